The number of ether oxygens (including phenoxy) is 2. The molecule has 0 bridgehead atoms. The molecule has 1 aromatic carbocycles. The van der Waals surface area contributed by atoms with Crippen LogP contribution in [0.15, 0.2) is 24.3 Å². The van der Waals surface area contributed by atoms with Crippen LogP contribution in [0.1, 0.15) is 24.8 Å². The van der Waals surface area contributed by atoms with Crippen LogP contribution < -0.4 is 10.1 Å². The lowest BCUT2D eigenvalue weighted by Gasteiger charge is -2.51. The Hall–Kier alpha value is -1.59. The topological polar surface area (TPSA) is 50.8 Å². The molecular weight excluding hydrogens is 304 g/mol. The summed E-state index contributed by atoms with van der Waals surface area (Å²) < 4.78 is 11.1. The predicted octanol–water partition coefficient (Wildman–Crippen LogP) is 1.61. The molecule has 0 unspecified atom stereocenters. The van der Waals surface area contributed by atoms with E-state index >= 15 is 0 Å². The molecule has 1 aromatic rings. The second kappa shape index (κ2) is 6.73. The molecule has 1 amide bonds. The first-order valence-corrected chi connectivity index (χ1v) is 9.04. The Morgan fingerprint density at radius 1 is 1.29 bits per heavy atom. The van der Waals surface area contributed by atoms with Gasteiger partial charge in [-0.2, -0.15) is 0 Å². The Bertz CT molecular complexity index is 578. The molecule has 2 aliphatic heterocycles. The molecule has 5 nitrogen and oxygen atoms in total. The van der Waals surface area contributed by atoms with Crippen molar-refractivity contribution in [3.63, 3.8) is 0 Å². The molecule has 1 saturated carbocycles. The molecule has 2 heterocycles. The van der Waals surface area contributed by atoms with E-state index in [1.807, 2.05) is 24.3 Å². The zero-order chi connectivity index (χ0) is 16.5. The van der Waals surface area contributed by atoms with Gasteiger partial charge in [0.1, 0.15) is 5.75 Å². The number of hydrogen-bond acceptors (Lipinski definition) is 4. The van der Waals surface area contributed by atoms with Crippen molar-refractivity contribution >= 4 is 5.91 Å². The van der Waals surface area contributed by atoms with E-state index in [0.717, 1.165) is 37.4 Å². The summed E-state index contributed by atoms with van der Waals surface area (Å²) in [5.74, 6) is 1.42. The second-order valence-corrected chi connectivity index (χ2v) is 7.14. The highest BCUT2D eigenvalue weighted by Gasteiger charge is 2.56. The fourth-order valence-corrected chi connectivity index (χ4v) is 4.51. The van der Waals surface area contributed by atoms with Gasteiger partial charge < -0.3 is 14.8 Å². The van der Waals surface area contributed by atoms with Crippen molar-refractivity contribution in [2.24, 2.45) is 5.92 Å². The van der Waals surface area contributed by atoms with E-state index < -0.39 is 0 Å². The Morgan fingerprint density at radius 3 is 2.75 bits per heavy atom. The first-order valence-electron chi connectivity index (χ1n) is 9.04. The van der Waals surface area contributed by atoms with E-state index in [1.54, 1.807) is 7.11 Å². The maximum atomic E-state index is 12.5. The maximum absolute atomic E-state index is 12.5. The van der Waals surface area contributed by atoms with Gasteiger partial charge in [-0.15, -0.1) is 0 Å². The van der Waals surface area contributed by atoms with Crippen LogP contribution in [0.2, 0.25) is 0 Å². The molecule has 3 aliphatic rings. The summed E-state index contributed by atoms with van der Waals surface area (Å²) >= 11 is 0. The van der Waals surface area contributed by atoms with Crippen LogP contribution in [-0.4, -0.2) is 55.8 Å². The van der Waals surface area contributed by atoms with Crippen LogP contribution in [0.4, 0.5) is 0 Å². The number of nitrogens with zero attached hydrogens (tertiary/aromatic N) is 1. The average molecular weight is 330 g/mol. The molecule has 5 heteroatoms. The third kappa shape index (κ3) is 2.91. The zero-order valence-electron chi connectivity index (χ0n) is 14.2. The van der Waals surface area contributed by atoms with E-state index in [9.17, 15) is 4.79 Å². The molecule has 4 rings (SSSR count). The third-order valence-corrected chi connectivity index (χ3v) is 5.76. The smallest absolute Gasteiger partial charge is 0.224 e. The van der Waals surface area contributed by atoms with Crippen molar-refractivity contribution in [1.29, 1.82) is 0 Å². The van der Waals surface area contributed by atoms with Crippen LogP contribution in [0, 0.1) is 5.92 Å². The largest absolute Gasteiger partial charge is 0.497 e. The molecule has 1 aliphatic carbocycles. The van der Waals surface area contributed by atoms with Crippen molar-refractivity contribution < 1.29 is 14.3 Å². The lowest BCUT2D eigenvalue weighted by Crippen LogP contribution is -2.70. The molecule has 24 heavy (non-hydrogen) atoms. The molecule has 0 aromatic heterocycles. The summed E-state index contributed by atoms with van der Waals surface area (Å²) in [6, 6.07) is 8.35. The highest BCUT2D eigenvalue weighted by Crippen LogP contribution is 2.42. The monoisotopic (exact) mass is 330 g/mol. The first-order chi connectivity index (χ1) is 11.8. The maximum Gasteiger partial charge on any atom is 0.224 e. The number of carbonyl (C=O) groups is 1. The van der Waals surface area contributed by atoms with Crippen molar-refractivity contribution in [2.75, 3.05) is 26.8 Å². The lowest BCUT2D eigenvalue weighted by atomic mass is 9.70. The summed E-state index contributed by atoms with van der Waals surface area (Å²) in [5, 5.41) is 3.30. The molecule has 1 N–H and O–H groups in total. The second-order valence-electron chi connectivity index (χ2n) is 7.14. The van der Waals surface area contributed by atoms with E-state index in [0.29, 0.717) is 24.5 Å². The van der Waals surface area contributed by atoms with Crippen LogP contribution in [0.5, 0.6) is 5.75 Å². The van der Waals surface area contributed by atoms with Gasteiger partial charge in [0.25, 0.3) is 0 Å². The molecule has 0 radical (unpaired) electrons. The molecule has 0 spiro atoms. The van der Waals surface area contributed by atoms with Gasteiger partial charge in [0.15, 0.2) is 0 Å². The summed E-state index contributed by atoms with van der Waals surface area (Å²) in [6.07, 6.45) is 4.35. The fraction of sp³-hybridized carbons (Fsp3) is 0.632. The van der Waals surface area contributed by atoms with Crippen molar-refractivity contribution in [2.45, 2.75) is 43.9 Å². The number of hydrogen-bond donors (Lipinski definition) is 1. The van der Waals surface area contributed by atoms with E-state index in [1.165, 1.54) is 12.8 Å². The van der Waals surface area contributed by atoms with E-state index in [4.69, 9.17) is 9.47 Å². The minimum atomic E-state index is 0.111. The Morgan fingerprint density at radius 2 is 2.04 bits per heavy atom. The van der Waals surface area contributed by atoms with Gasteiger partial charge in [0.2, 0.25) is 5.91 Å². The number of likely N-dealkylation sites (tertiary alicyclic amines) is 1. The minimum absolute atomic E-state index is 0.111. The molecule has 2 saturated heterocycles. The normalized spacial score (nSPS) is 32.2. The van der Waals surface area contributed by atoms with Crippen molar-refractivity contribution in [1.82, 2.24) is 10.2 Å². The minimum Gasteiger partial charge on any atom is -0.497 e. The van der Waals surface area contributed by atoms with Gasteiger partial charge in [0.05, 0.1) is 31.7 Å². The lowest BCUT2D eigenvalue weighted by molar-refractivity contribution is -0.128. The quantitative estimate of drug-likeness (QED) is 0.891. The molecule has 130 valence electrons. The van der Waals surface area contributed by atoms with Gasteiger partial charge in [0, 0.05) is 12.5 Å². The first kappa shape index (κ1) is 15.9. The highest BCUT2D eigenvalue weighted by molar-refractivity contribution is 5.79. The number of fused-ring (bicyclic) bond motifs is 1. The summed E-state index contributed by atoms with van der Waals surface area (Å²) in [4.78, 5) is 15.0. The van der Waals surface area contributed by atoms with Gasteiger partial charge in [-0.1, -0.05) is 12.1 Å². The van der Waals surface area contributed by atoms with Crippen LogP contribution in [-0.2, 0) is 16.0 Å². The third-order valence-electron chi connectivity index (χ3n) is 5.76. The number of carbonyl (C=O) groups excluding carboxylic acids is 1. The number of rotatable bonds is 5. The van der Waals surface area contributed by atoms with Gasteiger partial charge in [-0.25, -0.2) is 0 Å². The number of benzene rings is 1. The predicted molar refractivity (Wildman–Crippen MR) is 91.1 cm³/mol. The summed E-state index contributed by atoms with van der Waals surface area (Å²) in [5.41, 5.74) is 1.02. The SMILES string of the molecule is COc1ccc(CC(=O)N[C@H]2[C@H]3CCO[C@H]3[C@@H]2N2CCCC2)cc1. The molecule has 3 fully saturated rings. The summed E-state index contributed by atoms with van der Waals surface area (Å²) in [6.45, 7) is 3.12. The summed E-state index contributed by atoms with van der Waals surface area (Å²) in [7, 11) is 1.65. The number of amides is 1. The van der Waals surface area contributed by atoms with E-state index in [-0.39, 0.29) is 11.9 Å². The molecular formula is C19H26N2O3. The molecule has 4 atom stereocenters. The van der Waals surface area contributed by atoms with Gasteiger partial charge in [-0.05, 0) is 50.0 Å². The Balaban J connectivity index is 1.38. The standard InChI is InChI=1S/C19H26N2O3/c1-23-14-6-4-13(5-7-14)12-16(22)20-17-15-8-11-24-19(15)18(17)21-9-2-3-10-21/h4-7,15,17-19H,2-3,8-12H2,1H3,(H,20,22)/t15-,17+,18-,19-/m1/s1. The van der Waals surface area contributed by atoms with E-state index in [2.05, 4.69) is 10.2 Å². The van der Waals surface area contributed by atoms with Crippen LogP contribution in [0.3, 0.4) is 0 Å². The van der Waals surface area contributed by atoms with Gasteiger partial charge >= 0.3 is 0 Å². The Labute approximate surface area is 143 Å². The Kier molecular flexibility index (Phi) is 4.46. The average Bonchev–Trinajstić information content (AvgIpc) is 3.24. The number of methoxy groups -OCH3 is 1. The van der Waals surface area contributed by atoms with Crippen molar-refractivity contribution in [3.05, 3.63) is 29.8 Å². The highest BCUT2D eigenvalue weighted by atomic mass is 16.5. The van der Waals surface area contributed by atoms with Crippen LogP contribution in [0.25, 0.3) is 0 Å². The van der Waals surface area contributed by atoms with Crippen LogP contribution >= 0.6 is 0 Å². The zero-order valence-corrected chi connectivity index (χ0v) is 14.2. The fourth-order valence-electron chi connectivity index (χ4n) is 4.51. The number of nitrogens with one attached hydrogen (secondary N) is 1. The van der Waals surface area contributed by atoms with Crippen molar-refractivity contribution in [3.8, 4) is 5.75 Å². The van der Waals surface area contributed by atoms with Gasteiger partial charge in [-0.3, -0.25) is 9.69 Å².